The van der Waals surface area contributed by atoms with Crippen molar-refractivity contribution in [1.29, 1.82) is 0 Å². The molecule has 0 unspecified atom stereocenters. The van der Waals surface area contributed by atoms with Crippen LogP contribution >= 0.6 is 0 Å². The summed E-state index contributed by atoms with van der Waals surface area (Å²) in [6.45, 7) is 4.37. The summed E-state index contributed by atoms with van der Waals surface area (Å²) in [5.41, 5.74) is 2.03. The lowest BCUT2D eigenvalue weighted by Gasteiger charge is -2.18. The lowest BCUT2D eigenvalue weighted by atomic mass is 10.0. The van der Waals surface area contributed by atoms with Gasteiger partial charge in [0.25, 0.3) is 0 Å². The van der Waals surface area contributed by atoms with Crippen molar-refractivity contribution in [2.45, 2.75) is 39.0 Å². The van der Waals surface area contributed by atoms with Gasteiger partial charge >= 0.3 is 0 Å². The van der Waals surface area contributed by atoms with E-state index in [0.717, 1.165) is 42.3 Å². The highest BCUT2D eigenvalue weighted by Crippen LogP contribution is 2.26. The molecule has 6 heteroatoms. The molecule has 0 atom stereocenters. The molecule has 1 heterocycles. The maximum Gasteiger partial charge on any atom is 0.224 e. The van der Waals surface area contributed by atoms with Crippen molar-refractivity contribution in [3.8, 4) is 5.75 Å². The van der Waals surface area contributed by atoms with Gasteiger partial charge in [-0.05, 0) is 36.6 Å². The first-order valence-electron chi connectivity index (χ1n) is 8.73. The largest absolute Gasteiger partial charge is 0.492 e. The number of benzene rings is 1. The second kappa shape index (κ2) is 9.80. The fraction of sp³-hybridized carbons (Fsp3) is 0.556. The Bertz CT molecular complexity index is 572. The molecular weight excluding hydrogens is 304 g/mol. The number of unbranched alkanes of at least 4 members (excludes halogenated alkanes) is 2. The van der Waals surface area contributed by atoms with Crippen LogP contribution in [0.15, 0.2) is 23.2 Å². The zero-order chi connectivity index (χ0) is 17.2. The molecule has 1 aromatic rings. The summed E-state index contributed by atoms with van der Waals surface area (Å²) in [5, 5.41) is 9.41. The van der Waals surface area contributed by atoms with Crippen LogP contribution in [0.25, 0.3) is 0 Å². The number of anilines is 1. The molecule has 24 heavy (non-hydrogen) atoms. The number of hydrogen-bond acceptors (Lipinski definition) is 3. The molecule has 1 aliphatic heterocycles. The predicted molar refractivity (Wildman–Crippen MR) is 97.8 cm³/mol. The zero-order valence-electron chi connectivity index (χ0n) is 14.7. The maximum absolute atomic E-state index is 11.4. The van der Waals surface area contributed by atoms with Crippen LogP contribution in [0.5, 0.6) is 5.75 Å². The molecule has 1 amide bonds. The van der Waals surface area contributed by atoms with Gasteiger partial charge in [-0.3, -0.25) is 9.79 Å². The molecule has 1 aliphatic rings. The van der Waals surface area contributed by atoms with E-state index in [9.17, 15) is 4.79 Å². The number of fused-ring (bicyclic) bond motifs is 1. The van der Waals surface area contributed by atoms with Gasteiger partial charge in [0, 0.05) is 25.7 Å². The van der Waals surface area contributed by atoms with Gasteiger partial charge < -0.3 is 20.7 Å². The number of aliphatic imine (C=N–C) groups is 1. The van der Waals surface area contributed by atoms with Crippen molar-refractivity contribution in [1.82, 2.24) is 10.6 Å². The summed E-state index contributed by atoms with van der Waals surface area (Å²) >= 11 is 0. The van der Waals surface area contributed by atoms with Crippen molar-refractivity contribution in [2.24, 2.45) is 4.99 Å². The Kier molecular flexibility index (Phi) is 7.39. The first-order valence-corrected chi connectivity index (χ1v) is 8.73. The highest BCUT2D eigenvalue weighted by molar-refractivity contribution is 5.94. The summed E-state index contributed by atoms with van der Waals surface area (Å²) in [4.78, 5) is 15.6. The zero-order valence-corrected chi connectivity index (χ0v) is 14.7. The third kappa shape index (κ3) is 5.76. The normalized spacial score (nSPS) is 13.9. The lowest BCUT2D eigenvalue weighted by molar-refractivity contribution is -0.116. The van der Waals surface area contributed by atoms with Crippen LogP contribution in [0.1, 0.15) is 38.2 Å². The molecule has 1 aromatic carbocycles. The van der Waals surface area contributed by atoms with E-state index in [0.29, 0.717) is 19.6 Å². The van der Waals surface area contributed by atoms with Crippen LogP contribution < -0.4 is 20.7 Å². The number of nitrogens with one attached hydrogen (secondary N) is 3. The number of hydrogen-bond donors (Lipinski definition) is 3. The number of amides is 1. The Labute approximate surface area is 144 Å². The fourth-order valence-corrected chi connectivity index (χ4v) is 2.59. The van der Waals surface area contributed by atoms with E-state index in [2.05, 4.69) is 27.9 Å². The smallest absolute Gasteiger partial charge is 0.224 e. The monoisotopic (exact) mass is 332 g/mol. The van der Waals surface area contributed by atoms with Gasteiger partial charge in [-0.15, -0.1) is 0 Å². The van der Waals surface area contributed by atoms with Gasteiger partial charge in [-0.25, -0.2) is 0 Å². The van der Waals surface area contributed by atoms with Gasteiger partial charge in [0.05, 0.1) is 6.54 Å². The summed E-state index contributed by atoms with van der Waals surface area (Å²) in [6, 6.07) is 5.80. The minimum atomic E-state index is 0.0817. The van der Waals surface area contributed by atoms with E-state index < -0.39 is 0 Å². The average Bonchev–Trinajstić information content (AvgIpc) is 2.60. The molecular formula is C18H28N4O2. The van der Waals surface area contributed by atoms with Gasteiger partial charge in [-0.2, -0.15) is 0 Å². The standard InChI is InChI=1S/C18H28N4O2/c1-3-4-5-10-20-18(19-2)21-11-12-24-15-7-8-16-14(13-15)6-9-17(23)22-16/h7-8,13H,3-6,9-12H2,1-2H3,(H,22,23)(H2,19,20,21). The van der Waals surface area contributed by atoms with E-state index in [-0.39, 0.29) is 5.91 Å². The number of guanidine groups is 1. The number of carbonyl (C=O) groups excluding carboxylic acids is 1. The Hall–Kier alpha value is -2.24. The predicted octanol–water partition coefficient (Wildman–Crippen LogP) is 2.31. The summed E-state index contributed by atoms with van der Waals surface area (Å²) in [6.07, 6.45) is 4.90. The third-order valence-corrected chi connectivity index (χ3v) is 3.93. The second-order valence-electron chi connectivity index (χ2n) is 5.85. The maximum atomic E-state index is 11.4. The Morgan fingerprint density at radius 1 is 1.25 bits per heavy atom. The van der Waals surface area contributed by atoms with Crippen LogP contribution in [-0.4, -0.2) is 38.6 Å². The van der Waals surface area contributed by atoms with Gasteiger partial charge in [-0.1, -0.05) is 19.8 Å². The van der Waals surface area contributed by atoms with Crippen molar-refractivity contribution in [2.75, 3.05) is 32.1 Å². The van der Waals surface area contributed by atoms with E-state index in [1.807, 2.05) is 18.2 Å². The van der Waals surface area contributed by atoms with E-state index in [4.69, 9.17) is 4.74 Å². The second-order valence-corrected chi connectivity index (χ2v) is 5.85. The van der Waals surface area contributed by atoms with E-state index in [1.54, 1.807) is 7.05 Å². The molecule has 6 nitrogen and oxygen atoms in total. The molecule has 0 spiro atoms. The number of nitrogens with zero attached hydrogens (tertiary/aromatic N) is 1. The highest BCUT2D eigenvalue weighted by Gasteiger charge is 2.14. The van der Waals surface area contributed by atoms with Crippen molar-refractivity contribution in [3.63, 3.8) is 0 Å². The van der Waals surface area contributed by atoms with Gasteiger partial charge in [0.2, 0.25) is 5.91 Å². The third-order valence-electron chi connectivity index (χ3n) is 3.93. The summed E-state index contributed by atoms with van der Waals surface area (Å²) < 4.78 is 5.78. The molecule has 132 valence electrons. The minimum Gasteiger partial charge on any atom is -0.492 e. The number of aryl methyl sites for hydroxylation is 1. The molecule has 0 aromatic heterocycles. The van der Waals surface area contributed by atoms with Crippen molar-refractivity contribution in [3.05, 3.63) is 23.8 Å². The lowest BCUT2D eigenvalue weighted by Crippen LogP contribution is -2.39. The molecule has 0 bridgehead atoms. The molecule has 3 N–H and O–H groups in total. The van der Waals surface area contributed by atoms with Gasteiger partial charge in [0.1, 0.15) is 12.4 Å². The molecule has 0 fully saturated rings. The number of rotatable bonds is 8. The van der Waals surface area contributed by atoms with Crippen molar-refractivity contribution >= 4 is 17.6 Å². The molecule has 0 radical (unpaired) electrons. The van der Waals surface area contributed by atoms with Crippen LogP contribution in [0, 0.1) is 0 Å². The Morgan fingerprint density at radius 2 is 2.08 bits per heavy atom. The summed E-state index contributed by atoms with van der Waals surface area (Å²) in [5.74, 6) is 1.72. The Morgan fingerprint density at radius 3 is 2.88 bits per heavy atom. The molecule has 2 rings (SSSR count). The van der Waals surface area contributed by atoms with Crippen LogP contribution in [0.4, 0.5) is 5.69 Å². The first kappa shape index (κ1) is 18.1. The van der Waals surface area contributed by atoms with E-state index >= 15 is 0 Å². The quantitative estimate of drug-likeness (QED) is 0.388. The highest BCUT2D eigenvalue weighted by atomic mass is 16.5. The van der Waals surface area contributed by atoms with E-state index in [1.165, 1.54) is 12.8 Å². The van der Waals surface area contributed by atoms with Crippen LogP contribution in [0.2, 0.25) is 0 Å². The summed E-state index contributed by atoms with van der Waals surface area (Å²) in [7, 11) is 1.77. The van der Waals surface area contributed by atoms with Gasteiger partial charge in [0.15, 0.2) is 5.96 Å². The van der Waals surface area contributed by atoms with Crippen molar-refractivity contribution < 1.29 is 9.53 Å². The topological polar surface area (TPSA) is 74.8 Å². The minimum absolute atomic E-state index is 0.0817. The molecule has 0 saturated carbocycles. The van der Waals surface area contributed by atoms with Crippen LogP contribution in [0.3, 0.4) is 0 Å². The molecule has 0 aliphatic carbocycles. The SMILES string of the molecule is CCCCCNC(=NC)NCCOc1ccc2c(c1)CCC(=O)N2. The number of ether oxygens (including phenoxy) is 1. The first-order chi connectivity index (χ1) is 11.7. The van der Waals surface area contributed by atoms with Crippen LogP contribution in [-0.2, 0) is 11.2 Å². The fourth-order valence-electron chi connectivity index (χ4n) is 2.59. The number of carbonyl (C=O) groups is 1. The average molecular weight is 332 g/mol. The Balaban J connectivity index is 1.69. The molecule has 0 saturated heterocycles.